The molecule has 0 N–H and O–H groups in total. The molecule has 12 heteroatoms. The second-order valence-electron chi connectivity index (χ2n) is 3.91. The SMILES string of the molecule is C=C[Si](OC(C)=O)(OC(C)=O)OC(C)=O.CO[Si](OC)(OC)OC. The molecule has 0 unspecified atom stereocenters. The highest BCUT2D eigenvalue weighted by Crippen LogP contribution is 2.12. The normalized spacial score (nSPS) is 10.8. The van der Waals surface area contributed by atoms with E-state index in [0.29, 0.717) is 0 Å². The zero-order valence-corrected chi connectivity index (χ0v) is 16.9. The highest BCUT2D eigenvalue weighted by atomic mass is 28.4. The molecule has 0 aliphatic heterocycles. The van der Waals surface area contributed by atoms with E-state index in [4.69, 9.17) is 31.0 Å². The Morgan fingerprint density at radius 3 is 1.04 bits per heavy atom. The minimum Gasteiger partial charge on any atom is -0.452 e. The van der Waals surface area contributed by atoms with Gasteiger partial charge in [-0.15, -0.1) is 0 Å². The second-order valence-corrected chi connectivity index (χ2v) is 8.77. The summed E-state index contributed by atoms with van der Waals surface area (Å²) in [6.45, 7) is 6.65. The fraction of sp³-hybridized carbons (Fsp3) is 0.583. The van der Waals surface area contributed by atoms with Crippen molar-refractivity contribution < 1.29 is 45.4 Å². The second kappa shape index (κ2) is 11.9. The van der Waals surface area contributed by atoms with Crippen molar-refractivity contribution in [3.8, 4) is 0 Å². The first kappa shape index (κ1) is 24.7. The lowest BCUT2D eigenvalue weighted by atomic mass is 10.9. The predicted octanol–water partition coefficient (Wildman–Crippen LogP) is 0.347. The molecule has 140 valence electrons. The van der Waals surface area contributed by atoms with Crippen LogP contribution in [0.25, 0.3) is 0 Å². The molecule has 0 heterocycles. The van der Waals surface area contributed by atoms with Crippen molar-refractivity contribution in [2.45, 2.75) is 20.8 Å². The van der Waals surface area contributed by atoms with E-state index in [1.54, 1.807) is 0 Å². The number of carbonyl (C=O) groups is 3. The standard InChI is InChI=1S/C8H12O6Si.C4H12O4Si/c1-5-15(12-6(2)9,13-7(3)10)14-8(4)11;1-5-9(6-2,7-3)8-4/h5H,1H2,2-4H3;1-4H3. The van der Waals surface area contributed by atoms with Crippen molar-refractivity contribution >= 4 is 35.8 Å². The molecular formula is C12H24O10Si2. The molecule has 0 bridgehead atoms. The van der Waals surface area contributed by atoms with E-state index >= 15 is 0 Å². The summed E-state index contributed by atoms with van der Waals surface area (Å²) < 4.78 is 33.5. The zero-order chi connectivity index (χ0) is 19.4. The van der Waals surface area contributed by atoms with Gasteiger partial charge in [0, 0.05) is 54.9 Å². The first-order chi connectivity index (χ1) is 11.1. The summed E-state index contributed by atoms with van der Waals surface area (Å²) in [4.78, 5) is 32.3. The molecule has 0 radical (unpaired) electrons. The largest absolute Gasteiger partial charge is 0.734 e. The summed E-state index contributed by atoms with van der Waals surface area (Å²) in [5.74, 6) is -2.16. The molecule has 0 aromatic rings. The van der Waals surface area contributed by atoms with Crippen LogP contribution in [0.1, 0.15) is 20.8 Å². The van der Waals surface area contributed by atoms with Crippen LogP contribution in [0.15, 0.2) is 12.3 Å². The first-order valence-electron chi connectivity index (χ1n) is 6.48. The van der Waals surface area contributed by atoms with Crippen LogP contribution in [0.2, 0.25) is 0 Å². The van der Waals surface area contributed by atoms with Crippen molar-refractivity contribution in [3.05, 3.63) is 12.3 Å². The predicted molar refractivity (Wildman–Crippen MR) is 85.0 cm³/mol. The van der Waals surface area contributed by atoms with Gasteiger partial charge in [-0.3, -0.25) is 14.4 Å². The summed E-state index contributed by atoms with van der Waals surface area (Å²) in [5, 5.41) is 0. The van der Waals surface area contributed by atoms with Gasteiger partial charge < -0.3 is 31.0 Å². The minimum atomic E-state index is -3.74. The lowest BCUT2D eigenvalue weighted by molar-refractivity contribution is -0.146. The van der Waals surface area contributed by atoms with Crippen molar-refractivity contribution in [2.75, 3.05) is 28.4 Å². The van der Waals surface area contributed by atoms with Crippen molar-refractivity contribution in [1.82, 2.24) is 0 Å². The van der Waals surface area contributed by atoms with Crippen LogP contribution in [0.4, 0.5) is 0 Å². The van der Waals surface area contributed by atoms with Gasteiger partial charge >= 0.3 is 17.9 Å². The Hall–Kier alpha value is -1.58. The van der Waals surface area contributed by atoms with E-state index in [9.17, 15) is 14.4 Å². The van der Waals surface area contributed by atoms with E-state index in [1.165, 1.54) is 28.4 Å². The summed E-state index contributed by atoms with van der Waals surface area (Å²) in [6.07, 6.45) is 0. The number of hydrogen-bond acceptors (Lipinski definition) is 10. The Morgan fingerprint density at radius 1 is 0.708 bits per heavy atom. The third-order valence-corrected chi connectivity index (χ3v) is 6.32. The van der Waals surface area contributed by atoms with E-state index in [-0.39, 0.29) is 0 Å². The van der Waals surface area contributed by atoms with Gasteiger partial charge in [0.25, 0.3) is 17.9 Å². The van der Waals surface area contributed by atoms with Gasteiger partial charge in [0.15, 0.2) is 0 Å². The molecule has 0 aromatic heterocycles. The van der Waals surface area contributed by atoms with Gasteiger partial charge in [-0.05, 0) is 0 Å². The Labute approximate surface area is 143 Å². The topological polar surface area (TPSA) is 116 Å². The average molecular weight is 384 g/mol. The summed E-state index contributed by atoms with van der Waals surface area (Å²) in [6, 6.07) is 0. The molecule has 0 aliphatic rings. The zero-order valence-electron chi connectivity index (χ0n) is 14.9. The quantitative estimate of drug-likeness (QED) is 0.543. The van der Waals surface area contributed by atoms with Crippen molar-refractivity contribution in [3.63, 3.8) is 0 Å². The van der Waals surface area contributed by atoms with Crippen LogP contribution < -0.4 is 0 Å². The van der Waals surface area contributed by atoms with Gasteiger partial charge in [-0.25, -0.2) is 0 Å². The summed E-state index contributed by atoms with van der Waals surface area (Å²) in [5.41, 5.74) is 1.04. The number of rotatable bonds is 8. The van der Waals surface area contributed by atoms with Crippen LogP contribution in [0.5, 0.6) is 0 Å². The highest BCUT2D eigenvalue weighted by molar-refractivity contribution is 6.70. The first-order valence-corrected chi connectivity index (χ1v) is 9.92. The number of hydrogen-bond donors (Lipinski definition) is 0. The van der Waals surface area contributed by atoms with Gasteiger partial charge in [-0.1, -0.05) is 6.58 Å². The van der Waals surface area contributed by atoms with Crippen LogP contribution in [-0.2, 0) is 45.4 Å². The monoisotopic (exact) mass is 384 g/mol. The van der Waals surface area contributed by atoms with E-state index in [2.05, 4.69) is 6.58 Å². The van der Waals surface area contributed by atoms with Crippen LogP contribution in [0.3, 0.4) is 0 Å². The molecule has 0 atom stereocenters. The molecule has 0 saturated carbocycles. The molecule has 10 nitrogen and oxygen atoms in total. The Balaban J connectivity index is 0. The molecule has 0 saturated heterocycles. The Morgan fingerprint density at radius 2 is 0.958 bits per heavy atom. The van der Waals surface area contributed by atoms with Gasteiger partial charge in [0.2, 0.25) is 0 Å². The van der Waals surface area contributed by atoms with Gasteiger partial charge in [0.1, 0.15) is 0 Å². The van der Waals surface area contributed by atoms with Crippen LogP contribution >= 0.6 is 0 Å². The summed E-state index contributed by atoms with van der Waals surface area (Å²) >= 11 is 0. The molecular weight excluding hydrogens is 360 g/mol. The van der Waals surface area contributed by atoms with E-state index in [1.807, 2.05) is 0 Å². The smallest absolute Gasteiger partial charge is 0.452 e. The minimum absolute atomic E-state index is 0.718. The van der Waals surface area contributed by atoms with Crippen LogP contribution in [-0.4, -0.2) is 64.2 Å². The molecule has 24 heavy (non-hydrogen) atoms. The maximum atomic E-state index is 10.8. The Bertz CT molecular complexity index is 377. The molecule has 0 amide bonds. The Kier molecular flexibility index (Phi) is 12.2. The van der Waals surface area contributed by atoms with Crippen molar-refractivity contribution in [1.29, 1.82) is 0 Å². The third kappa shape index (κ3) is 9.54. The lowest BCUT2D eigenvalue weighted by Gasteiger charge is -2.22. The maximum Gasteiger partial charge on any atom is 0.734 e. The third-order valence-electron chi connectivity index (χ3n) is 2.11. The molecule has 0 aliphatic carbocycles. The summed E-state index contributed by atoms with van der Waals surface area (Å²) in [7, 11) is -0.480. The number of carbonyl (C=O) groups excluding carboxylic acids is 3. The maximum absolute atomic E-state index is 10.8. The van der Waals surface area contributed by atoms with E-state index < -0.39 is 35.8 Å². The van der Waals surface area contributed by atoms with Gasteiger partial charge in [-0.2, -0.15) is 0 Å². The molecule has 0 aromatic carbocycles. The average Bonchev–Trinajstić information content (AvgIpc) is 2.48. The van der Waals surface area contributed by atoms with Gasteiger partial charge in [0.05, 0.1) is 0 Å². The molecule has 0 spiro atoms. The molecule has 0 fully saturated rings. The highest BCUT2D eigenvalue weighted by Gasteiger charge is 2.48. The van der Waals surface area contributed by atoms with Crippen LogP contribution in [0, 0.1) is 0 Å². The lowest BCUT2D eigenvalue weighted by Crippen LogP contribution is -2.47. The van der Waals surface area contributed by atoms with E-state index in [0.717, 1.165) is 26.5 Å². The fourth-order valence-electron chi connectivity index (χ4n) is 1.29. The molecule has 0 rings (SSSR count). The fourth-order valence-corrected chi connectivity index (χ4v) is 3.87. The van der Waals surface area contributed by atoms with Crippen molar-refractivity contribution in [2.24, 2.45) is 0 Å².